The SMILES string of the molecule is CN1CCC2(C(=O)c3cccc4cccc2c34)C1(C)c1cc(F)ccc1NC=O. The molecule has 1 spiro atoms. The number of hydrogen-bond acceptors (Lipinski definition) is 3. The van der Waals surface area contributed by atoms with Gasteiger partial charge in [-0.1, -0.05) is 36.4 Å². The van der Waals surface area contributed by atoms with Gasteiger partial charge in [-0.15, -0.1) is 0 Å². The van der Waals surface area contributed by atoms with Crippen molar-refractivity contribution in [2.24, 2.45) is 0 Å². The van der Waals surface area contributed by atoms with Crippen molar-refractivity contribution in [1.29, 1.82) is 0 Å². The van der Waals surface area contributed by atoms with Crippen molar-refractivity contribution in [3.8, 4) is 0 Å². The second-order valence-corrected chi connectivity index (χ2v) is 8.14. The minimum Gasteiger partial charge on any atom is -0.328 e. The molecule has 2 aliphatic rings. The first-order chi connectivity index (χ1) is 13.9. The maximum atomic E-state index is 14.4. The number of rotatable bonds is 3. The van der Waals surface area contributed by atoms with Crippen molar-refractivity contribution in [2.75, 3.05) is 18.9 Å². The molecule has 4 nitrogen and oxygen atoms in total. The second kappa shape index (κ2) is 5.97. The number of carbonyl (C=O) groups excluding carboxylic acids is 2. The summed E-state index contributed by atoms with van der Waals surface area (Å²) >= 11 is 0. The Morgan fingerprint density at radius 3 is 2.62 bits per heavy atom. The summed E-state index contributed by atoms with van der Waals surface area (Å²) in [7, 11) is 1.96. The third-order valence-electron chi connectivity index (χ3n) is 7.13. The molecular weight excluding hydrogens is 367 g/mol. The minimum absolute atomic E-state index is 0.0671. The smallest absolute Gasteiger partial charge is 0.211 e. The van der Waals surface area contributed by atoms with Gasteiger partial charge in [0.05, 0.1) is 11.0 Å². The number of carbonyl (C=O) groups is 2. The van der Waals surface area contributed by atoms with Gasteiger partial charge in [-0.05, 0) is 60.5 Å². The van der Waals surface area contributed by atoms with Crippen molar-refractivity contribution in [3.05, 3.63) is 77.1 Å². The number of likely N-dealkylation sites (tertiary alicyclic amines) is 1. The topological polar surface area (TPSA) is 49.4 Å². The van der Waals surface area contributed by atoms with Crippen LogP contribution in [0.15, 0.2) is 54.6 Å². The Balaban J connectivity index is 1.86. The Morgan fingerprint density at radius 1 is 1.10 bits per heavy atom. The third-order valence-corrected chi connectivity index (χ3v) is 7.13. The van der Waals surface area contributed by atoms with Gasteiger partial charge in [-0.25, -0.2) is 4.39 Å². The summed E-state index contributed by atoms with van der Waals surface area (Å²) in [5, 5.41) is 4.73. The molecule has 1 aliphatic carbocycles. The van der Waals surface area contributed by atoms with Gasteiger partial charge in [-0.3, -0.25) is 14.5 Å². The number of ketones is 1. The maximum absolute atomic E-state index is 14.4. The fourth-order valence-electron chi connectivity index (χ4n) is 5.64. The van der Waals surface area contributed by atoms with Crippen LogP contribution in [0.1, 0.15) is 34.8 Å². The lowest BCUT2D eigenvalue weighted by molar-refractivity contribution is -0.105. The maximum Gasteiger partial charge on any atom is 0.211 e. The highest BCUT2D eigenvalue weighted by atomic mass is 19.1. The molecule has 0 aromatic heterocycles. The van der Waals surface area contributed by atoms with Crippen molar-refractivity contribution >= 4 is 28.7 Å². The fourth-order valence-corrected chi connectivity index (χ4v) is 5.64. The van der Waals surface area contributed by atoms with E-state index in [1.165, 1.54) is 12.1 Å². The first-order valence-electron chi connectivity index (χ1n) is 9.73. The van der Waals surface area contributed by atoms with Gasteiger partial charge >= 0.3 is 0 Å². The standard InChI is InChI=1S/C24H21FN2O2/c1-23(19-13-16(25)9-10-20(19)26-14-28)24(11-12-27(23)2)18-8-4-6-15-5-3-7-17(21(15)18)22(24)29/h3-10,13-14H,11-12H2,1-2H3,(H,26,28). The Hall–Kier alpha value is -3.05. The molecule has 0 bridgehead atoms. The molecule has 1 aliphatic heterocycles. The lowest BCUT2D eigenvalue weighted by Crippen LogP contribution is -2.53. The van der Waals surface area contributed by atoms with E-state index in [9.17, 15) is 14.0 Å². The van der Waals surface area contributed by atoms with Crippen LogP contribution in [0.4, 0.5) is 10.1 Å². The molecule has 0 radical (unpaired) electrons. The summed E-state index contributed by atoms with van der Waals surface area (Å²) in [5.74, 6) is -0.327. The van der Waals surface area contributed by atoms with E-state index >= 15 is 0 Å². The highest BCUT2D eigenvalue weighted by Crippen LogP contribution is 2.60. The van der Waals surface area contributed by atoms with Crippen LogP contribution >= 0.6 is 0 Å². The lowest BCUT2D eigenvalue weighted by atomic mass is 9.62. The zero-order valence-electron chi connectivity index (χ0n) is 16.3. The number of fused-ring (bicyclic) bond motifs is 1. The Morgan fingerprint density at radius 2 is 1.86 bits per heavy atom. The van der Waals surface area contributed by atoms with Crippen molar-refractivity contribution in [1.82, 2.24) is 4.90 Å². The van der Waals surface area contributed by atoms with Gasteiger partial charge in [0.25, 0.3) is 0 Å². The molecular formula is C24H21FN2O2. The minimum atomic E-state index is -0.849. The quantitative estimate of drug-likeness (QED) is 0.683. The molecule has 1 fully saturated rings. The van der Waals surface area contributed by atoms with E-state index in [1.807, 2.05) is 50.4 Å². The molecule has 2 unspecified atom stereocenters. The van der Waals surface area contributed by atoms with Gasteiger partial charge in [0, 0.05) is 17.8 Å². The van der Waals surface area contributed by atoms with E-state index in [4.69, 9.17) is 0 Å². The molecule has 146 valence electrons. The first-order valence-corrected chi connectivity index (χ1v) is 9.73. The number of nitrogens with one attached hydrogen (secondary N) is 1. The van der Waals surface area contributed by atoms with E-state index < -0.39 is 16.8 Å². The molecule has 1 N–H and O–H groups in total. The average Bonchev–Trinajstić information content (AvgIpc) is 3.14. The highest BCUT2D eigenvalue weighted by Gasteiger charge is 2.64. The van der Waals surface area contributed by atoms with Gasteiger partial charge < -0.3 is 5.32 Å². The number of halogens is 1. The molecule has 5 rings (SSSR count). The number of amides is 1. The van der Waals surface area contributed by atoms with Crippen molar-refractivity contribution in [2.45, 2.75) is 24.3 Å². The van der Waals surface area contributed by atoms with E-state index in [2.05, 4.69) is 10.2 Å². The molecule has 1 saturated heterocycles. The van der Waals surface area contributed by atoms with Crippen LogP contribution in [0.5, 0.6) is 0 Å². The summed E-state index contributed by atoms with van der Waals surface area (Å²) in [6.07, 6.45) is 1.22. The fraction of sp³-hybridized carbons (Fsp3) is 0.250. The van der Waals surface area contributed by atoms with E-state index in [1.54, 1.807) is 6.07 Å². The number of likely N-dealkylation sites (N-methyl/N-ethyl adjacent to an activating group) is 1. The molecule has 2 atom stereocenters. The number of nitrogens with zero attached hydrogens (tertiary/aromatic N) is 1. The molecule has 29 heavy (non-hydrogen) atoms. The zero-order valence-corrected chi connectivity index (χ0v) is 16.3. The van der Waals surface area contributed by atoms with Crippen LogP contribution in [0, 0.1) is 5.82 Å². The number of anilines is 1. The normalized spacial score (nSPS) is 25.8. The largest absolute Gasteiger partial charge is 0.328 e. The number of Topliss-reactive ketones (excluding diaryl/α,β-unsaturated/α-hetero) is 1. The third kappa shape index (κ3) is 2.06. The second-order valence-electron chi connectivity index (χ2n) is 8.14. The predicted molar refractivity (Wildman–Crippen MR) is 111 cm³/mol. The summed E-state index contributed by atoms with van der Waals surface area (Å²) in [6.45, 7) is 2.68. The van der Waals surface area contributed by atoms with Crippen LogP contribution in [-0.2, 0) is 15.7 Å². The van der Waals surface area contributed by atoms with Crippen LogP contribution < -0.4 is 5.32 Å². The average molecular weight is 388 g/mol. The summed E-state index contributed by atoms with van der Waals surface area (Å²) in [4.78, 5) is 27.3. The van der Waals surface area contributed by atoms with Crippen molar-refractivity contribution < 1.29 is 14.0 Å². The first kappa shape index (κ1) is 18.0. The van der Waals surface area contributed by atoms with Crippen molar-refractivity contribution in [3.63, 3.8) is 0 Å². The van der Waals surface area contributed by atoms with Gasteiger partial charge in [0.1, 0.15) is 5.82 Å². The van der Waals surface area contributed by atoms with E-state index in [-0.39, 0.29) is 5.78 Å². The zero-order chi connectivity index (χ0) is 20.4. The van der Waals surface area contributed by atoms with E-state index in [0.717, 1.165) is 21.9 Å². The monoisotopic (exact) mass is 388 g/mol. The Labute approximate surface area is 168 Å². The van der Waals surface area contributed by atoms with Crippen LogP contribution in [0.25, 0.3) is 10.8 Å². The molecule has 3 aromatic carbocycles. The Kier molecular flexibility index (Phi) is 3.71. The number of benzene rings is 3. The van der Waals surface area contributed by atoms with Crippen LogP contribution in [0.3, 0.4) is 0 Å². The van der Waals surface area contributed by atoms with E-state index in [0.29, 0.717) is 30.6 Å². The highest BCUT2D eigenvalue weighted by molar-refractivity contribution is 6.21. The molecule has 1 amide bonds. The molecule has 5 heteroatoms. The summed E-state index contributed by atoms with van der Waals surface area (Å²) in [5.41, 5.74) is 1.17. The number of hydrogen-bond donors (Lipinski definition) is 1. The Bertz CT molecular complexity index is 1190. The molecule has 3 aromatic rings. The molecule has 1 heterocycles. The van der Waals surface area contributed by atoms with Gasteiger partial charge in [-0.2, -0.15) is 0 Å². The molecule has 0 saturated carbocycles. The lowest BCUT2D eigenvalue weighted by Gasteiger charge is -2.45. The predicted octanol–water partition coefficient (Wildman–Crippen LogP) is 4.23. The van der Waals surface area contributed by atoms with Crippen LogP contribution in [-0.4, -0.2) is 30.7 Å². The van der Waals surface area contributed by atoms with Gasteiger partial charge in [0.2, 0.25) is 6.41 Å². The summed E-state index contributed by atoms with van der Waals surface area (Å²) < 4.78 is 14.4. The van der Waals surface area contributed by atoms with Crippen LogP contribution in [0.2, 0.25) is 0 Å². The van der Waals surface area contributed by atoms with Gasteiger partial charge in [0.15, 0.2) is 5.78 Å². The summed E-state index contributed by atoms with van der Waals surface area (Å²) in [6, 6.07) is 16.2.